The molecule has 1 heterocycles. The van der Waals surface area contributed by atoms with Gasteiger partial charge in [-0.2, -0.15) is 0 Å². The number of hydrogen-bond acceptors (Lipinski definition) is 3. The Balaban J connectivity index is 2.05. The molecule has 0 aliphatic carbocycles. The fourth-order valence-corrected chi connectivity index (χ4v) is 1.53. The molecule has 0 aromatic rings. The maximum absolute atomic E-state index is 5.49. The summed E-state index contributed by atoms with van der Waals surface area (Å²) in [4.78, 5) is 2.16. The molecule has 1 aliphatic rings. The Bertz CT molecular complexity index is 113. The Hall–Kier alpha value is -0.120. The van der Waals surface area contributed by atoms with Crippen molar-refractivity contribution in [3.05, 3.63) is 0 Å². The Morgan fingerprint density at radius 2 is 2.08 bits per heavy atom. The van der Waals surface area contributed by atoms with Crippen LogP contribution in [0.4, 0.5) is 0 Å². The molecular weight excluding hydrogens is 152 g/mol. The Morgan fingerprint density at radius 3 is 2.67 bits per heavy atom. The van der Waals surface area contributed by atoms with Crippen molar-refractivity contribution in [2.75, 3.05) is 33.5 Å². The third-order valence-electron chi connectivity index (χ3n) is 2.57. The van der Waals surface area contributed by atoms with Crippen LogP contribution in [0.25, 0.3) is 0 Å². The minimum absolute atomic E-state index is 0.670. The van der Waals surface area contributed by atoms with E-state index in [2.05, 4.69) is 11.9 Å². The highest BCUT2D eigenvalue weighted by atomic mass is 16.5. The molecule has 1 saturated heterocycles. The van der Waals surface area contributed by atoms with Crippen molar-refractivity contribution in [3.8, 4) is 0 Å². The predicted molar refractivity (Wildman–Crippen MR) is 49.8 cm³/mol. The molecule has 0 unspecified atom stereocenters. The van der Waals surface area contributed by atoms with Gasteiger partial charge >= 0.3 is 0 Å². The van der Waals surface area contributed by atoms with Gasteiger partial charge in [0.05, 0.1) is 0 Å². The number of hydrogen-bond donors (Lipinski definition) is 1. The molecule has 1 aliphatic heterocycles. The van der Waals surface area contributed by atoms with E-state index in [1.54, 1.807) is 0 Å². The highest BCUT2D eigenvalue weighted by Gasteiger charge is 2.13. The van der Waals surface area contributed by atoms with Gasteiger partial charge in [-0.3, -0.25) is 4.90 Å². The van der Waals surface area contributed by atoms with Crippen LogP contribution in [0.15, 0.2) is 0 Å². The minimum atomic E-state index is 0.670. The van der Waals surface area contributed by atoms with Crippen LogP contribution in [0.1, 0.15) is 19.3 Å². The lowest BCUT2D eigenvalue weighted by Gasteiger charge is -2.24. The van der Waals surface area contributed by atoms with E-state index < -0.39 is 0 Å². The van der Waals surface area contributed by atoms with Crippen LogP contribution in [0.2, 0.25) is 0 Å². The van der Waals surface area contributed by atoms with Crippen LogP contribution in [0, 0.1) is 5.92 Å². The highest BCUT2D eigenvalue weighted by molar-refractivity contribution is 4.64. The van der Waals surface area contributed by atoms with Gasteiger partial charge in [0.25, 0.3) is 0 Å². The first-order valence-corrected chi connectivity index (χ1v) is 4.79. The van der Waals surface area contributed by atoms with Gasteiger partial charge in [-0.15, -0.1) is 0 Å². The first-order valence-electron chi connectivity index (χ1n) is 4.79. The van der Waals surface area contributed by atoms with Gasteiger partial charge in [0.1, 0.15) is 0 Å². The molecule has 3 nitrogen and oxygen atoms in total. The van der Waals surface area contributed by atoms with Gasteiger partial charge < -0.3 is 10.5 Å². The van der Waals surface area contributed by atoms with Gasteiger partial charge in [-0.25, -0.2) is 0 Å². The smallest absolute Gasteiger partial charge is 0.0468 e. The molecule has 0 aromatic heterocycles. The van der Waals surface area contributed by atoms with E-state index in [9.17, 15) is 0 Å². The van der Waals surface area contributed by atoms with Crippen molar-refractivity contribution < 1.29 is 4.74 Å². The molecular formula is C9H20N2O. The average molecular weight is 172 g/mol. The second-order valence-electron chi connectivity index (χ2n) is 3.61. The first kappa shape index (κ1) is 9.96. The number of nitrogens with two attached hydrogens (primary N) is 1. The van der Waals surface area contributed by atoms with Crippen LogP contribution in [0.3, 0.4) is 0 Å². The van der Waals surface area contributed by atoms with Gasteiger partial charge in [-0.05, 0) is 38.8 Å². The quantitative estimate of drug-likeness (QED) is 0.633. The molecule has 0 bridgehead atoms. The molecule has 0 atom stereocenters. The molecule has 0 radical (unpaired) electrons. The zero-order chi connectivity index (χ0) is 8.81. The van der Waals surface area contributed by atoms with Crippen molar-refractivity contribution in [1.82, 2.24) is 4.90 Å². The maximum Gasteiger partial charge on any atom is 0.0468 e. The van der Waals surface area contributed by atoms with Crippen molar-refractivity contribution in [2.45, 2.75) is 19.3 Å². The van der Waals surface area contributed by atoms with E-state index in [0.717, 1.165) is 25.7 Å². The fraction of sp³-hybridized carbons (Fsp3) is 1.00. The largest absolute Gasteiger partial charge is 0.381 e. The van der Waals surface area contributed by atoms with E-state index in [4.69, 9.17) is 10.5 Å². The monoisotopic (exact) mass is 172 g/mol. The van der Waals surface area contributed by atoms with E-state index in [1.165, 1.54) is 19.3 Å². The summed E-state index contributed by atoms with van der Waals surface area (Å²) in [5.41, 5.74) is 5.49. The highest BCUT2D eigenvalue weighted by Crippen LogP contribution is 2.18. The molecule has 0 saturated carbocycles. The fourth-order valence-electron chi connectivity index (χ4n) is 1.53. The predicted octanol–water partition coefficient (Wildman–Crippen LogP) is 0.651. The molecule has 0 aromatic carbocycles. The van der Waals surface area contributed by atoms with Crippen LogP contribution >= 0.6 is 0 Å². The molecule has 2 N–H and O–H groups in total. The van der Waals surface area contributed by atoms with Gasteiger partial charge in [0.15, 0.2) is 0 Å². The molecule has 1 rings (SSSR count). The summed E-state index contributed by atoms with van der Waals surface area (Å²) in [5.74, 6) is 0.868. The normalized spacial score (nSPS) is 20.2. The van der Waals surface area contributed by atoms with E-state index in [1.807, 2.05) is 0 Å². The summed E-state index contributed by atoms with van der Waals surface area (Å²) >= 11 is 0. The van der Waals surface area contributed by atoms with Gasteiger partial charge in [0, 0.05) is 19.9 Å². The second-order valence-corrected chi connectivity index (χ2v) is 3.61. The summed E-state index contributed by atoms with van der Waals surface area (Å²) in [6.45, 7) is 3.71. The lowest BCUT2D eigenvalue weighted by Crippen LogP contribution is -2.29. The zero-order valence-electron chi connectivity index (χ0n) is 7.96. The van der Waals surface area contributed by atoms with Crippen molar-refractivity contribution in [3.63, 3.8) is 0 Å². The van der Waals surface area contributed by atoms with Crippen molar-refractivity contribution in [1.29, 1.82) is 0 Å². The average Bonchev–Trinajstić information content (AvgIpc) is 2.16. The van der Waals surface area contributed by atoms with E-state index in [0.29, 0.717) is 6.67 Å². The summed E-state index contributed by atoms with van der Waals surface area (Å²) in [6, 6.07) is 0. The molecule has 12 heavy (non-hydrogen) atoms. The Kier molecular flexibility index (Phi) is 4.58. The third-order valence-corrected chi connectivity index (χ3v) is 2.57. The number of nitrogens with zero attached hydrogens (tertiary/aromatic N) is 1. The minimum Gasteiger partial charge on any atom is -0.381 e. The Labute approximate surface area is 74.9 Å². The van der Waals surface area contributed by atoms with Gasteiger partial charge in [0.2, 0.25) is 0 Å². The molecule has 1 fully saturated rings. The SMILES string of the molecule is CN(CN)CCC1CCOCC1. The standard InChI is InChI=1S/C9H20N2O/c1-11(8-10)5-2-9-3-6-12-7-4-9/h9H,2-8,10H2,1H3. The molecule has 0 spiro atoms. The number of rotatable bonds is 4. The van der Waals surface area contributed by atoms with E-state index in [-0.39, 0.29) is 0 Å². The summed E-state index contributed by atoms with van der Waals surface area (Å²) < 4.78 is 5.29. The first-order chi connectivity index (χ1) is 5.83. The molecule has 0 amide bonds. The summed E-state index contributed by atoms with van der Waals surface area (Å²) in [7, 11) is 2.07. The summed E-state index contributed by atoms with van der Waals surface area (Å²) in [5, 5.41) is 0. The molecule has 3 heteroatoms. The third kappa shape index (κ3) is 3.52. The summed E-state index contributed by atoms with van der Waals surface area (Å²) in [6.07, 6.45) is 3.74. The maximum atomic E-state index is 5.49. The van der Waals surface area contributed by atoms with Crippen molar-refractivity contribution in [2.24, 2.45) is 11.7 Å². The zero-order valence-corrected chi connectivity index (χ0v) is 7.96. The lowest BCUT2D eigenvalue weighted by molar-refractivity contribution is 0.0611. The van der Waals surface area contributed by atoms with Gasteiger partial charge in [-0.1, -0.05) is 0 Å². The van der Waals surface area contributed by atoms with Crippen LogP contribution in [-0.4, -0.2) is 38.4 Å². The van der Waals surface area contributed by atoms with Crippen LogP contribution in [0.5, 0.6) is 0 Å². The van der Waals surface area contributed by atoms with E-state index >= 15 is 0 Å². The molecule has 72 valence electrons. The topological polar surface area (TPSA) is 38.5 Å². The van der Waals surface area contributed by atoms with Crippen LogP contribution < -0.4 is 5.73 Å². The lowest BCUT2D eigenvalue weighted by atomic mass is 9.96. The number of ether oxygens (including phenoxy) is 1. The van der Waals surface area contributed by atoms with Crippen LogP contribution in [-0.2, 0) is 4.74 Å². The second kappa shape index (κ2) is 5.51. The Morgan fingerprint density at radius 1 is 1.42 bits per heavy atom. The van der Waals surface area contributed by atoms with Crippen molar-refractivity contribution >= 4 is 0 Å².